The van der Waals surface area contributed by atoms with E-state index in [1.165, 1.54) is 0 Å². The molecule has 0 saturated carbocycles. The van der Waals surface area contributed by atoms with Crippen LogP contribution in [0.25, 0.3) is 0 Å². The third kappa shape index (κ3) is 4.83. The van der Waals surface area contributed by atoms with Crippen LogP contribution in [0.15, 0.2) is 18.2 Å². The van der Waals surface area contributed by atoms with Crippen LogP contribution in [-0.4, -0.2) is 37.3 Å². The van der Waals surface area contributed by atoms with Crippen LogP contribution < -0.4 is 5.32 Å². The number of halogens is 7. The summed E-state index contributed by atoms with van der Waals surface area (Å²) in [5.41, 5.74) is -1.91. The van der Waals surface area contributed by atoms with E-state index in [9.17, 15) is 30.7 Å². The van der Waals surface area contributed by atoms with Crippen LogP contribution in [0.1, 0.15) is 30.0 Å². The number of hydrogen-bond donors (Lipinski definition) is 1. The lowest BCUT2D eigenvalue weighted by molar-refractivity contribution is -0.142. The van der Waals surface area contributed by atoms with Gasteiger partial charge in [0.25, 0.3) is 0 Å². The molecule has 24 heavy (non-hydrogen) atoms. The molecule has 1 aromatic carbocycles. The number of rotatable bonds is 4. The molecule has 0 aliphatic carbocycles. The fourth-order valence-electron chi connectivity index (χ4n) is 2.95. The van der Waals surface area contributed by atoms with Gasteiger partial charge in [-0.05, 0) is 18.1 Å². The molecule has 2 nitrogen and oxygen atoms in total. The minimum atomic E-state index is -4.97. The average molecular weight is 358 g/mol. The van der Waals surface area contributed by atoms with Gasteiger partial charge in [-0.2, -0.15) is 26.3 Å². The lowest BCUT2D eigenvalue weighted by atomic mass is 9.94. The van der Waals surface area contributed by atoms with Crippen molar-refractivity contribution in [1.29, 1.82) is 0 Å². The summed E-state index contributed by atoms with van der Waals surface area (Å²) >= 11 is 0. The van der Waals surface area contributed by atoms with Crippen molar-refractivity contribution in [2.45, 2.75) is 31.2 Å². The average Bonchev–Trinajstić information content (AvgIpc) is 2.46. The van der Waals surface area contributed by atoms with Crippen molar-refractivity contribution in [2.75, 3.05) is 26.2 Å². The molecule has 9 heteroatoms. The molecule has 0 amide bonds. The van der Waals surface area contributed by atoms with E-state index >= 15 is 0 Å². The quantitative estimate of drug-likeness (QED) is 0.814. The molecule has 1 atom stereocenters. The Labute approximate surface area is 134 Å². The molecule has 1 heterocycles. The van der Waals surface area contributed by atoms with E-state index in [-0.39, 0.29) is 0 Å². The van der Waals surface area contributed by atoms with Gasteiger partial charge >= 0.3 is 12.4 Å². The van der Waals surface area contributed by atoms with E-state index in [0.717, 1.165) is 12.1 Å². The highest BCUT2D eigenvalue weighted by molar-refractivity contribution is 5.34. The molecular weight excluding hydrogens is 341 g/mol. The van der Waals surface area contributed by atoms with Crippen LogP contribution in [-0.2, 0) is 6.18 Å². The normalized spacial score (nSPS) is 18.6. The molecule has 1 N–H and O–H groups in total. The van der Waals surface area contributed by atoms with Crippen LogP contribution in [0.3, 0.4) is 0 Å². The van der Waals surface area contributed by atoms with Crippen molar-refractivity contribution >= 4 is 0 Å². The molecule has 2 rings (SSSR count). The standard InChI is InChI=1S/C15H17F7N2/c16-11-3-1-2-10(13(11)15(20,21)22)12(4-5-14(17,18)19)24-8-6-23-7-9-24/h1-3,12,23H,4-9H2/t12-/m0/s1. The zero-order chi connectivity index (χ0) is 18.0. The SMILES string of the molecule is Fc1cccc([C@H](CCC(F)(F)F)N2CCNCC2)c1C(F)(F)F. The molecule has 0 unspecified atom stereocenters. The second kappa shape index (κ2) is 7.26. The fraction of sp³-hybridized carbons (Fsp3) is 0.600. The zero-order valence-electron chi connectivity index (χ0n) is 12.6. The first-order valence-electron chi connectivity index (χ1n) is 7.47. The Morgan fingerprint density at radius 1 is 1.04 bits per heavy atom. The van der Waals surface area contributed by atoms with E-state index < -0.39 is 48.2 Å². The van der Waals surface area contributed by atoms with Crippen LogP contribution in [0.4, 0.5) is 30.7 Å². The third-order valence-corrected chi connectivity index (χ3v) is 3.98. The highest BCUT2D eigenvalue weighted by Gasteiger charge is 2.40. The minimum absolute atomic E-state index is 0.302. The molecule has 136 valence electrons. The maximum atomic E-state index is 13.8. The fourth-order valence-corrected chi connectivity index (χ4v) is 2.95. The zero-order valence-corrected chi connectivity index (χ0v) is 12.6. The van der Waals surface area contributed by atoms with Crippen LogP contribution >= 0.6 is 0 Å². The van der Waals surface area contributed by atoms with E-state index in [0.29, 0.717) is 32.2 Å². The van der Waals surface area contributed by atoms with Gasteiger partial charge in [-0.15, -0.1) is 0 Å². The monoisotopic (exact) mass is 358 g/mol. The number of benzene rings is 1. The van der Waals surface area contributed by atoms with Gasteiger partial charge in [-0.25, -0.2) is 4.39 Å². The van der Waals surface area contributed by atoms with Gasteiger partial charge in [-0.1, -0.05) is 12.1 Å². The molecular formula is C15H17F7N2. The Morgan fingerprint density at radius 3 is 2.21 bits per heavy atom. The highest BCUT2D eigenvalue weighted by Crippen LogP contribution is 2.40. The molecule has 0 spiro atoms. The van der Waals surface area contributed by atoms with Gasteiger partial charge in [0.1, 0.15) is 5.82 Å². The molecule has 1 aromatic rings. The van der Waals surface area contributed by atoms with Crippen molar-refractivity contribution in [2.24, 2.45) is 0 Å². The second-order valence-corrected chi connectivity index (χ2v) is 5.66. The van der Waals surface area contributed by atoms with Gasteiger partial charge in [0.2, 0.25) is 0 Å². The number of alkyl halides is 6. The molecule has 0 radical (unpaired) electrons. The Kier molecular flexibility index (Phi) is 5.74. The van der Waals surface area contributed by atoms with Gasteiger partial charge in [-0.3, -0.25) is 4.90 Å². The predicted octanol–water partition coefficient (Wildman–Crippen LogP) is 4.13. The van der Waals surface area contributed by atoms with E-state index in [4.69, 9.17) is 0 Å². The van der Waals surface area contributed by atoms with Crippen molar-refractivity contribution in [3.05, 3.63) is 35.1 Å². The van der Waals surface area contributed by atoms with Crippen molar-refractivity contribution < 1.29 is 30.7 Å². The number of nitrogens with zero attached hydrogens (tertiary/aromatic N) is 1. The predicted molar refractivity (Wildman–Crippen MR) is 73.9 cm³/mol. The molecule has 1 aliphatic rings. The van der Waals surface area contributed by atoms with E-state index in [1.54, 1.807) is 4.90 Å². The Hall–Kier alpha value is -1.35. The minimum Gasteiger partial charge on any atom is -0.314 e. The molecule has 0 aromatic heterocycles. The molecule has 1 saturated heterocycles. The molecule has 0 bridgehead atoms. The van der Waals surface area contributed by atoms with Crippen molar-refractivity contribution in [3.63, 3.8) is 0 Å². The summed E-state index contributed by atoms with van der Waals surface area (Å²) in [6.45, 7) is 1.52. The Morgan fingerprint density at radius 2 is 1.67 bits per heavy atom. The Balaban J connectivity index is 2.41. The first-order chi connectivity index (χ1) is 11.1. The number of hydrogen-bond acceptors (Lipinski definition) is 2. The number of nitrogens with one attached hydrogen (secondary N) is 1. The topological polar surface area (TPSA) is 15.3 Å². The maximum Gasteiger partial charge on any atom is 0.419 e. The lowest BCUT2D eigenvalue weighted by Gasteiger charge is -2.36. The molecule has 1 aliphatic heterocycles. The van der Waals surface area contributed by atoms with E-state index in [2.05, 4.69) is 5.32 Å². The summed E-state index contributed by atoms with van der Waals surface area (Å²) in [4.78, 5) is 1.55. The summed E-state index contributed by atoms with van der Waals surface area (Å²) in [5.74, 6) is -1.47. The largest absolute Gasteiger partial charge is 0.419 e. The van der Waals surface area contributed by atoms with E-state index in [1.807, 2.05) is 0 Å². The van der Waals surface area contributed by atoms with Crippen molar-refractivity contribution in [1.82, 2.24) is 10.2 Å². The first kappa shape index (κ1) is 19.0. The van der Waals surface area contributed by atoms with Crippen LogP contribution in [0.2, 0.25) is 0 Å². The van der Waals surface area contributed by atoms with Crippen LogP contribution in [0, 0.1) is 5.82 Å². The van der Waals surface area contributed by atoms with Gasteiger partial charge in [0.05, 0.1) is 5.56 Å². The third-order valence-electron chi connectivity index (χ3n) is 3.98. The van der Waals surface area contributed by atoms with Gasteiger partial charge in [0.15, 0.2) is 0 Å². The summed E-state index contributed by atoms with van der Waals surface area (Å²) in [6.07, 6.45) is -11.2. The number of piperazine rings is 1. The summed E-state index contributed by atoms with van der Waals surface area (Å²) < 4.78 is 91.2. The lowest BCUT2D eigenvalue weighted by Crippen LogP contribution is -2.45. The smallest absolute Gasteiger partial charge is 0.314 e. The first-order valence-corrected chi connectivity index (χ1v) is 7.47. The molecule has 1 fully saturated rings. The summed E-state index contributed by atoms with van der Waals surface area (Å²) in [5, 5.41) is 2.99. The summed E-state index contributed by atoms with van der Waals surface area (Å²) in [7, 11) is 0. The highest BCUT2D eigenvalue weighted by atomic mass is 19.4. The second-order valence-electron chi connectivity index (χ2n) is 5.66. The van der Waals surface area contributed by atoms with Crippen LogP contribution in [0.5, 0.6) is 0 Å². The van der Waals surface area contributed by atoms with Gasteiger partial charge in [0, 0.05) is 38.6 Å². The summed E-state index contributed by atoms with van der Waals surface area (Å²) in [6, 6.07) is 1.70. The van der Waals surface area contributed by atoms with Gasteiger partial charge < -0.3 is 5.32 Å². The Bertz CT molecular complexity index is 548. The van der Waals surface area contributed by atoms with Crippen molar-refractivity contribution in [3.8, 4) is 0 Å². The maximum absolute atomic E-state index is 13.8.